The van der Waals surface area contributed by atoms with Crippen LogP contribution < -0.4 is 0 Å². The average Bonchev–Trinajstić information content (AvgIpc) is 2.50. The van der Waals surface area contributed by atoms with Gasteiger partial charge in [-0.25, -0.2) is 0 Å². The Hall–Kier alpha value is -0.315. The van der Waals surface area contributed by atoms with Crippen LogP contribution in [0.4, 0.5) is 0 Å². The molecule has 0 aliphatic rings. The molecule has 0 aliphatic heterocycles. The summed E-state index contributed by atoms with van der Waals surface area (Å²) in [4.78, 5) is 1.11. The number of aliphatic hydroxyl groups is 1. The Balaban J connectivity index is 2.39. The molecule has 0 saturated heterocycles. The minimum Gasteiger partial charge on any atom is -0.527 e. The number of hydrogen-bond acceptors (Lipinski definition) is 2. The van der Waals surface area contributed by atoms with Crippen LogP contribution in [0.1, 0.15) is 17.4 Å². The fourth-order valence-corrected chi connectivity index (χ4v) is 1.75. The fraction of sp³-hybridized carbons (Fsp3) is 0.556. The molecule has 1 heterocycles. The monoisotopic (exact) mass is 199 g/mol. The first-order chi connectivity index (χ1) is 5.99. The second kappa shape index (κ2) is 4.27. The minimum atomic E-state index is -0.240. The van der Waals surface area contributed by atoms with Crippen LogP contribution in [0.2, 0.25) is 0 Å². The predicted octanol–water partition coefficient (Wildman–Crippen LogP) is 0.528. The van der Waals surface area contributed by atoms with E-state index in [1.54, 1.807) is 11.3 Å². The van der Waals surface area contributed by atoms with Gasteiger partial charge in [-0.05, 0) is 11.4 Å². The van der Waals surface area contributed by atoms with Gasteiger partial charge in [0.1, 0.15) is 0 Å². The Morgan fingerprint density at radius 2 is 2.31 bits per heavy atom. The Bertz CT molecular complexity index is 243. The zero-order valence-electron chi connectivity index (χ0n) is 7.53. The highest BCUT2D eigenvalue weighted by Crippen LogP contribution is 2.21. The van der Waals surface area contributed by atoms with Crippen molar-refractivity contribution in [2.75, 3.05) is 20.6 Å². The smallest absolute Gasteiger partial charge is 0.168 e. The Labute approximate surface area is 84.8 Å². The van der Waals surface area contributed by atoms with Gasteiger partial charge in [0, 0.05) is 31.9 Å². The summed E-state index contributed by atoms with van der Waals surface area (Å²) in [5, 5.41) is 11.8. The summed E-state index contributed by atoms with van der Waals surface area (Å²) in [5.74, 6) is 0. The summed E-state index contributed by atoms with van der Waals surface area (Å²) in [6.45, 7) is 1.11. The third kappa shape index (κ3) is 3.94. The third-order valence-corrected chi connectivity index (χ3v) is 2.69. The molecule has 0 aromatic carbocycles. The molecule has 1 rings (SSSR count). The molecule has 0 amide bonds. The van der Waals surface area contributed by atoms with Gasteiger partial charge in [-0.15, -0.1) is 11.3 Å². The maximum Gasteiger partial charge on any atom is 0.168 e. The van der Waals surface area contributed by atoms with Crippen LogP contribution in [0.25, 0.3) is 0 Å². The van der Waals surface area contributed by atoms with Crippen molar-refractivity contribution in [3.05, 3.63) is 22.4 Å². The van der Waals surface area contributed by atoms with Crippen LogP contribution >= 0.6 is 11.3 Å². The van der Waals surface area contributed by atoms with Crippen molar-refractivity contribution >= 4 is 19.3 Å². The molecule has 1 aromatic heterocycles. The molecule has 13 heavy (non-hydrogen) atoms. The van der Waals surface area contributed by atoms with Crippen LogP contribution in [-0.2, 0) is 0 Å². The highest BCUT2D eigenvalue weighted by Gasteiger charge is 2.10. The lowest BCUT2D eigenvalue weighted by atomic mass is 10.1. The van der Waals surface area contributed by atoms with Crippen molar-refractivity contribution in [1.29, 1.82) is 0 Å². The first kappa shape index (κ1) is 10.8. The molecule has 2 nitrogen and oxygen atoms in total. The van der Waals surface area contributed by atoms with Crippen molar-refractivity contribution in [3.8, 4) is 0 Å². The van der Waals surface area contributed by atoms with Gasteiger partial charge in [-0.2, -0.15) is 0 Å². The van der Waals surface area contributed by atoms with Crippen molar-refractivity contribution in [3.63, 3.8) is 0 Å². The minimum absolute atomic E-state index is 0.240. The molecule has 1 atom stereocenters. The molecule has 0 fully saturated rings. The van der Waals surface area contributed by atoms with E-state index in [0.29, 0.717) is 7.98 Å². The van der Waals surface area contributed by atoms with Crippen LogP contribution in [0.3, 0.4) is 0 Å². The molecule has 74 valence electrons. The van der Waals surface area contributed by atoms with Gasteiger partial charge >= 0.3 is 0 Å². The lowest BCUT2D eigenvalue weighted by Gasteiger charge is -2.34. The van der Waals surface area contributed by atoms with Gasteiger partial charge in [0.15, 0.2) is 7.98 Å². The number of hydrogen-bond donors (Lipinski definition) is 1. The lowest BCUT2D eigenvalue weighted by Crippen LogP contribution is -2.37. The second-order valence-electron chi connectivity index (χ2n) is 3.12. The number of nitrogens with zero attached hydrogens (tertiary/aromatic N) is 1. The molecule has 1 N–H and O–H groups in total. The van der Waals surface area contributed by atoms with Crippen molar-refractivity contribution in [2.24, 2.45) is 0 Å². The zero-order valence-corrected chi connectivity index (χ0v) is 8.34. The molecule has 0 unspecified atom stereocenters. The molecule has 1 aromatic rings. The van der Waals surface area contributed by atoms with E-state index in [0.717, 1.165) is 22.2 Å². The molecule has 4 heteroatoms. The predicted molar refractivity (Wildman–Crippen MR) is 60.8 cm³/mol. The van der Waals surface area contributed by atoms with E-state index in [1.165, 1.54) is 0 Å². The van der Waals surface area contributed by atoms with E-state index in [1.807, 2.05) is 17.5 Å². The van der Waals surface area contributed by atoms with E-state index in [9.17, 15) is 5.11 Å². The standard InChI is InChI=1S/C9H18BNOS/c1-11(2,10)6-5-8(12)9-4-3-7-13-9/h3-4,7-8,12H,5-6H2,1-2,10H3/t8-/m1/s1. The summed E-state index contributed by atoms with van der Waals surface area (Å²) in [7, 11) is 4.83. The lowest BCUT2D eigenvalue weighted by molar-refractivity contribution is -0.774. The summed E-state index contributed by atoms with van der Waals surface area (Å²) < 4.78 is 1.16. The number of thiophene rings is 1. The van der Waals surface area contributed by atoms with E-state index < -0.39 is 0 Å². The molecule has 0 radical (unpaired) electrons. The number of aliphatic hydroxyl groups excluding tert-OH is 1. The Morgan fingerprint density at radius 3 is 2.77 bits per heavy atom. The van der Waals surface area contributed by atoms with Gasteiger partial charge in [-0.1, -0.05) is 6.07 Å². The van der Waals surface area contributed by atoms with Crippen molar-refractivity contribution in [2.45, 2.75) is 12.5 Å². The fourth-order valence-electron chi connectivity index (χ4n) is 1.00. The molecule has 0 spiro atoms. The highest BCUT2D eigenvalue weighted by atomic mass is 32.1. The maximum absolute atomic E-state index is 9.80. The molecule has 0 bridgehead atoms. The van der Waals surface area contributed by atoms with Gasteiger partial charge in [0.25, 0.3) is 0 Å². The Morgan fingerprint density at radius 1 is 1.62 bits per heavy atom. The van der Waals surface area contributed by atoms with Crippen molar-refractivity contribution < 1.29 is 9.50 Å². The van der Waals surface area contributed by atoms with Crippen LogP contribution in [0.5, 0.6) is 0 Å². The largest absolute Gasteiger partial charge is 0.527 e. The average molecular weight is 199 g/mol. The topological polar surface area (TPSA) is 20.2 Å². The Kier molecular flexibility index (Phi) is 3.53. The number of quaternary nitrogens is 1. The SMILES string of the molecule is [BH3-][N+](C)(C)CC[C@@H](O)c1cccs1. The van der Waals surface area contributed by atoms with Gasteiger partial charge in [0.05, 0.1) is 6.10 Å². The summed E-state index contributed by atoms with van der Waals surface area (Å²) in [6.07, 6.45) is 0.660. The van der Waals surface area contributed by atoms with Gasteiger partial charge in [0.2, 0.25) is 0 Å². The normalized spacial score (nSPS) is 14.5. The zero-order chi connectivity index (χ0) is 9.90. The first-order valence-corrected chi connectivity index (χ1v) is 4.94. The summed E-state index contributed by atoms with van der Waals surface area (Å²) in [6, 6.07) is 4.01. The third-order valence-electron chi connectivity index (χ3n) is 1.72. The van der Waals surface area contributed by atoms with E-state index >= 15 is 0 Å². The van der Waals surface area contributed by atoms with Crippen LogP contribution in [0.15, 0.2) is 17.5 Å². The number of rotatable bonds is 4. The van der Waals surface area contributed by atoms with E-state index in [-0.39, 0.29) is 6.10 Å². The molecular weight excluding hydrogens is 181 g/mol. The maximum atomic E-state index is 9.80. The summed E-state index contributed by atoms with van der Waals surface area (Å²) >= 11 is 1.65. The highest BCUT2D eigenvalue weighted by molar-refractivity contribution is 7.10. The van der Waals surface area contributed by atoms with Crippen LogP contribution in [-0.4, -0.2) is 38.1 Å². The van der Waals surface area contributed by atoms with E-state index in [2.05, 4.69) is 14.1 Å². The molecular formula is C9H18BNOS. The van der Waals surface area contributed by atoms with Crippen molar-refractivity contribution in [1.82, 2.24) is 0 Å². The van der Waals surface area contributed by atoms with Crippen LogP contribution in [0, 0.1) is 0 Å². The molecule has 0 aliphatic carbocycles. The van der Waals surface area contributed by atoms with Gasteiger partial charge in [-0.3, -0.25) is 0 Å². The molecule has 0 saturated carbocycles. The second-order valence-corrected chi connectivity index (χ2v) is 4.10. The van der Waals surface area contributed by atoms with E-state index in [4.69, 9.17) is 0 Å². The quantitative estimate of drug-likeness (QED) is 0.701. The van der Waals surface area contributed by atoms with Gasteiger partial charge < -0.3 is 9.50 Å². The summed E-state index contributed by atoms with van der Waals surface area (Å²) in [5.41, 5.74) is 0. The first-order valence-electron chi connectivity index (χ1n) is 4.06.